The van der Waals surface area contributed by atoms with Crippen LogP contribution in [0.25, 0.3) is 0 Å². The molecule has 1 aliphatic rings. The summed E-state index contributed by atoms with van der Waals surface area (Å²) >= 11 is 3.51. The molecule has 0 fully saturated rings. The number of hydrogen-bond acceptors (Lipinski definition) is 9. The van der Waals surface area contributed by atoms with Gasteiger partial charge in [0.25, 0.3) is 5.91 Å². The lowest BCUT2D eigenvalue weighted by Gasteiger charge is -2.28. The summed E-state index contributed by atoms with van der Waals surface area (Å²) in [5.74, 6) is 0.554. The van der Waals surface area contributed by atoms with Crippen molar-refractivity contribution < 1.29 is 38.1 Å². The van der Waals surface area contributed by atoms with Gasteiger partial charge < -0.3 is 34.3 Å². The fourth-order valence-electron chi connectivity index (χ4n) is 4.41. The summed E-state index contributed by atoms with van der Waals surface area (Å²) in [6.45, 7) is 3.52. The van der Waals surface area contributed by atoms with Crippen LogP contribution < -0.4 is 35.0 Å². The minimum absolute atomic E-state index is 0.181. The summed E-state index contributed by atoms with van der Waals surface area (Å²) < 4.78 is 28.4. The van der Waals surface area contributed by atoms with E-state index < -0.39 is 23.9 Å². The minimum atomic E-state index is -0.777. The van der Waals surface area contributed by atoms with Crippen molar-refractivity contribution in [3.05, 3.63) is 93.1 Å². The Morgan fingerprint density at radius 2 is 1.71 bits per heavy atom. The highest BCUT2D eigenvalue weighted by Crippen LogP contribution is 2.35. The van der Waals surface area contributed by atoms with E-state index in [2.05, 4.69) is 37.1 Å². The van der Waals surface area contributed by atoms with Crippen molar-refractivity contribution in [2.45, 2.75) is 26.5 Å². The normalized spacial score (nSPS) is 14.3. The zero-order chi connectivity index (χ0) is 32.3. The van der Waals surface area contributed by atoms with Gasteiger partial charge in [-0.1, -0.05) is 36.4 Å². The number of hydrazone groups is 1. The van der Waals surface area contributed by atoms with E-state index in [1.807, 2.05) is 30.3 Å². The van der Waals surface area contributed by atoms with Crippen molar-refractivity contribution >= 4 is 40.1 Å². The van der Waals surface area contributed by atoms with Gasteiger partial charge in [-0.2, -0.15) is 5.10 Å². The monoisotopic (exact) mass is 680 g/mol. The summed E-state index contributed by atoms with van der Waals surface area (Å²) in [6.07, 6.45) is 1.46. The second-order valence-corrected chi connectivity index (χ2v) is 10.4. The molecular formula is C32H33BrN4O8. The number of rotatable bonds is 13. The highest BCUT2D eigenvalue weighted by Gasteiger charge is 2.32. The maximum atomic E-state index is 12.6. The smallest absolute Gasteiger partial charge is 0.338 e. The van der Waals surface area contributed by atoms with Gasteiger partial charge in [0.2, 0.25) is 0 Å². The lowest BCUT2D eigenvalue weighted by atomic mass is 9.95. The van der Waals surface area contributed by atoms with E-state index >= 15 is 0 Å². The van der Waals surface area contributed by atoms with Gasteiger partial charge in [0.1, 0.15) is 6.61 Å². The Labute approximate surface area is 268 Å². The molecule has 45 heavy (non-hydrogen) atoms. The molecule has 3 amide bonds. The van der Waals surface area contributed by atoms with Gasteiger partial charge in [-0.15, -0.1) is 0 Å². The Hall–Kier alpha value is -5.04. The number of carbonyl (C=O) groups is 3. The van der Waals surface area contributed by atoms with Crippen LogP contribution in [-0.4, -0.2) is 51.6 Å². The highest BCUT2D eigenvalue weighted by molar-refractivity contribution is 9.10. The number of halogens is 1. The van der Waals surface area contributed by atoms with Crippen molar-refractivity contribution in [3.63, 3.8) is 0 Å². The molecule has 4 rings (SSSR count). The molecule has 0 bridgehead atoms. The number of amides is 3. The zero-order valence-electron chi connectivity index (χ0n) is 25.1. The quantitative estimate of drug-likeness (QED) is 0.133. The molecule has 0 aliphatic carbocycles. The van der Waals surface area contributed by atoms with E-state index in [9.17, 15) is 14.4 Å². The standard InChI is InChI=1S/C32H33BrN4O8/c1-5-43-31(39)29-19(2)35-32(40)36-30(29)21-11-12-24(25(13-21)41-3)45-18-28(38)37-34-16-22-14-26(42-4)27(15-23(22)33)44-17-20-9-7-6-8-10-20/h6-16,30H,5,17-18H2,1-4H3,(H,37,38)(H2,35,36,40)/b34-16-/t30-/m0/s1. The Balaban J connectivity index is 1.38. The lowest BCUT2D eigenvalue weighted by Crippen LogP contribution is -2.45. The Bertz CT molecular complexity index is 1610. The molecule has 0 unspecified atom stereocenters. The van der Waals surface area contributed by atoms with Crippen molar-refractivity contribution in [2.24, 2.45) is 5.10 Å². The number of ether oxygens (including phenoxy) is 5. The van der Waals surface area contributed by atoms with E-state index in [1.54, 1.807) is 51.3 Å². The van der Waals surface area contributed by atoms with Crippen molar-refractivity contribution in [1.82, 2.24) is 16.1 Å². The molecule has 13 heteroatoms. The molecule has 1 atom stereocenters. The van der Waals surface area contributed by atoms with Gasteiger partial charge in [-0.3, -0.25) is 4.79 Å². The van der Waals surface area contributed by atoms with Crippen LogP contribution in [0.1, 0.15) is 36.6 Å². The molecule has 1 heterocycles. The molecular weight excluding hydrogens is 648 g/mol. The lowest BCUT2D eigenvalue weighted by molar-refractivity contribution is -0.139. The predicted molar refractivity (Wildman–Crippen MR) is 169 cm³/mol. The average molecular weight is 682 g/mol. The topological polar surface area (TPSA) is 146 Å². The van der Waals surface area contributed by atoms with E-state index in [1.165, 1.54) is 13.3 Å². The van der Waals surface area contributed by atoms with Crippen LogP contribution >= 0.6 is 15.9 Å². The van der Waals surface area contributed by atoms with Crippen molar-refractivity contribution in [1.29, 1.82) is 0 Å². The SMILES string of the molecule is CCOC(=O)C1=C(C)NC(=O)N[C@H]1c1ccc(OCC(=O)N/N=C\c2cc(OC)c(OCc3ccccc3)cc2Br)c(OC)c1. The van der Waals surface area contributed by atoms with Crippen LogP contribution in [0, 0.1) is 0 Å². The maximum Gasteiger partial charge on any atom is 0.338 e. The van der Waals surface area contributed by atoms with E-state index in [0.29, 0.717) is 45.2 Å². The summed E-state index contributed by atoms with van der Waals surface area (Å²) in [5, 5.41) is 9.35. The van der Waals surface area contributed by atoms with Crippen molar-refractivity contribution in [3.8, 4) is 23.0 Å². The first kappa shape index (κ1) is 32.9. The fraction of sp³-hybridized carbons (Fsp3) is 0.250. The van der Waals surface area contributed by atoms with E-state index in [-0.39, 0.29) is 24.5 Å². The van der Waals surface area contributed by atoms with Gasteiger partial charge in [0, 0.05) is 15.7 Å². The summed E-state index contributed by atoms with van der Waals surface area (Å²) in [4.78, 5) is 37.3. The number of nitrogens with one attached hydrogen (secondary N) is 3. The van der Waals surface area contributed by atoms with Gasteiger partial charge in [0.05, 0.1) is 38.7 Å². The fourth-order valence-corrected chi connectivity index (χ4v) is 4.84. The number of hydrogen-bond donors (Lipinski definition) is 3. The number of methoxy groups -OCH3 is 2. The average Bonchev–Trinajstić information content (AvgIpc) is 3.03. The Morgan fingerprint density at radius 3 is 2.42 bits per heavy atom. The van der Waals surface area contributed by atoms with Crippen LogP contribution in [0.4, 0.5) is 4.79 Å². The van der Waals surface area contributed by atoms with Crippen LogP contribution in [0.15, 0.2) is 81.5 Å². The largest absolute Gasteiger partial charge is 0.493 e. The third-order valence-electron chi connectivity index (χ3n) is 6.56. The molecule has 0 saturated heterocycles. The van der Waals surface area contributed by atoms with E-state index in [0.717, 1.165) is 5.56 Å². The third kappa shape index (κ3) is 8.54. The number of carbonyl (C=O) groups excluding carboxylic acids is 3. The van der Waals surface area contributed by atoms with E-state index in [4.69, 9.17) is 23.7 Å². The number of allylic oxidation sites excluding steroid dienone is 1. The number of nitrogens with zero attached hydrogens (tertiary/aromatic N) is 1. The molecule has 1 aliphatic heterocycles. The molecule has 0 radical (unpaired) electrons. The first-order valence-corrected chi connectivity index (χ1v) is 14.7. The second kappa shape index (κ2) is 15.6. The Kier molecular flexibility index (Phi) is 11.4. The van der Waals surface area contributed by atoms with Crippen LogP contribution in [-0.2, 0) is 20.9 Å². The Morgan fingerprint density at radius 1 is 0.978 bits per heavy atom. The first-order valence-electron chi connectivity index (χ1n) is 13.9. The molecule has 236 valence electrons. The molecule has 0 aromatic heterocycles. The van der Waals surface area contributed by atoms with Crippen LogP contribution in [0.3, 0.4) is 0 Å². The molecule has 3 N–H and O–H groups in total. The predicted octanol–water partition coefficient (Wildman–Crippen LogP) is 4.77. The van der Waals surface area contributed by atoms with Crippen LogP contribution in [0.5, 0.6) is 23.0 Å². The summed E-state index contributed by atoms with van der Waals surface area (Å²) in [6, 6.07) is 16.9. The highest BCUT2D eigenvalue weighted by atomic mass is 79.9. The molecule has 0 spiro atoms. The number of esters is 1. The minimum Gasteiger partial charge on any atom is -0.493 e. The summed E-state index contributed by atoms with van der Waals surface area (Å²) in [5.41, 5.74) is 5.30. The second-order valence-electron chi connectivity index (χ2n) is 9.58. The molecule has 0 saturated carbocycles. The number of urea groups is 1. The van der Waals surface area contributed by atoms with Crippen molar-refractivity contribution in [2.75, 3.05) is 27.4 Å². The van der Waals surface area contributed by atoms with Gasteiger partial charge >= 0.3 is 12.0 Å². The molecule has 3 aromatic carbocycles. The maximum absolute atomic E-state index is 12.6. The number of benzene rings is 3. The third-order valence-corrected chi connectivity index (χ3v) is 7.24. The van der Waals surface area contributed by atoms with Gasteiger partial charge in [-0.25, -0.2) is 15.0 Å². The van der Waals surface area contributed by atoms with Gasteiger partial charge in [0.15, 0.2) is 29.6 Å². The van der Waals surface area contributed by atoms with Crippen LogP contribution in [0.2, 0.25) is 0 Å². The molecule has 3 aromatic rings. The van der Waals surface area contributed by atoms with Gasteiger partial charge in [-0.05, 0) is 65.2 Å². The first-order chi connectivity index (χ1) is 21.7. The summed E-state index contributed by atoms with van der Waals surface area (Å²) in [7, 11) is 2.98. The zero-order valence-corrected chi connectivity index (χ0v) is 26.7. The molecule has 12 nitrogen and oxygen atoms in total.